The summed E-state index contributed by atoms with van der Waals surface area (Å²) in [5.74, 6) is 0.842. The van der Waals surface area contributed by atoms with Crippen molar-refractivity contribution in [3.05, 3.63) is 27.1 Å². The quantitative estimate of drug-likeness (QED) is 0.890. The van der Waals surface area contributed by atoms with Crippen LogP contribution in [0.5, 0.6) is 5.75 Å². The summed E-state index contributed by atoms with van der Waals surface area (Å²) in [6.45, 7) is 0. The highest BCUT2D eigenvalue weighted by atomic mass is 79.9. The van der Waals surface area contributed by atoms with Gasteiger partial charge in [0.1, 0.15) is 18.0 Å². The zero-order valence-corrected chi connectivity index (χ0v) is 12.9. The summed E-state index contributed by atoms with van der Waals surface area (Å²) >= 11 is 6.98. The Hall–Kier alpha value is -0.100. The number of hydrogen-bond donors (Lipinski definition) is 1. The van der Waals surface area contributed by atoms with Crippen molar-refractivity contribution >= 4 is 31.9 Å². The van der Waals surface area contributed by atoms with Crippen LogP contribution in [0.15, 0.2) is 27.1 Å². The van der Waals surface area contributed by atoms with Crippen LogP contribution in [0.25, 0.3) is 0 Å². The molecule has 1 aromatic rings. The first-order chi connectivity index (χ1) is 8.17. The van der Waals surface area contributed by atoms with E-state index >= 15 is 0 Å². The van der Waals surface area contributed by atoms with Gasteiger partial charge in [-0.1, -0.05) is 6.07 Å². The Labute approximate surface area is 118 Å². The normalized spacial score (nSPS) is 27.6. The molecule has 0 heterocycles. The van der Waals surface area contributed by atoms with Crippen molar-refractivity contribution in [1.29, 1.82) is 0 Å². The standard InChI is InChI=1S/C12H15Br2NO2/c1-15-9-6-10(12(9)16-2)17-11-7(13)4-3-5-8(11)14/h3-5,9-10,12,15H,6H2,1-2H3. The molecule has 3 unspecified atom stereocenters. The molecule has 1 saturated carbocycles. The topological polar surface area (TPSA) is 30.5 Å². The van der Waals surface area contributed by atoms with Crippen molar-refractivity contribution in [1.82, 2.24) is 5.32 Å². The van der Waals surface area contributed by atoms with Crippen molar-refractivity contribution in [3.63, 3.8) is 0 Å². The maximum atomic E-state index is 5.99. The number of nitrogens with one attached hydrogen (secondary N) is 1. The van der Waals surface area contributed by atoms with Crippen LogP contribution >= 0.6 is 31.9 Å². The molecule has 1 aromatic carbocycles. The molecule has 1 N–H and O–H groups in total. The van der Waals surface area contributed by atoms with E-state index in [1.54, 1.807) is 7.11 Å². The number of halogens is 2. The highest BCUT2D eigenvalue weighted by Crippen LogP contribution is 2.37. The third-order valence-electron chi connectivity index (χ3n) is 3.08. The smallest absolute Gasteiger partial charge is 0.148 e. The average Bonchev–Trinajstić information content (AvgIpc) is 2.27. The zero-order valence-electron chi connectivity index (χ0n) is 9.74. The number of rotatable bonds is 4. The van der Waals surface area contributed by atoms with E-state index in [9.17, 15) is 0 Å². The second-order valence-corrected chi connectivity index (χ2v) is 5.75. The lowest BCUT2D eigenvalue weighted by Gasteiger charge is -2.43. The molecule has 0 amide bonds. The Morgan fingerprint density at radius 3 is 2.47 bits per heavy atom. The number of ether oxygens (including phenoxy) is 2. The molecule has 0 spiro atoms. The van der Waals surface area contributed by atoms with E-state index < -0.39 is 0 Å². The second-order valence-electron chi connectivity index (χ2n) is 4.04. The highest BCUT2D eigenvalue weighted by Gasteiger charge is 2.42. The SMILES string of the molecule is CNC1CC(Oc2c(Br)cccc2Br)C1OC. The third-order valence-corrected chi connectivity index (χ3v) is 4.33. The Bertz CT molecular complexity index is 380. The molecule has 0 aliphatic heterocycles. The van der Waals surface area contributed by atoms with Gasteiger partial charge in [0.25, 0.3) is 0 Å². The van der Waals surface area contributed by atoms with Crippen LogP contribution in [-0.2, 0) is 4.74 Å². The molecule has 0 radical (unpaired) electrons. The van der Waals surface area contributed by atoms with Crippen LogP contribution < -0.4 is 10.1 Å². The first-order valence-electron chi connectivity index (χ1n) is 5.48. The maximum absolute atomic E-state index is 5.99. The molecule has 94 valence electrons. The summed E-state index contributed by atoms with van der Waals surface area (Å²) in [6, 6.07) is 6.28. The van der Waals surface area contributed by atoms with Gasteiger partial charge >= 0.3 is 0 Å². The van der Waals surface area contributed by atoms with Crippen molar-refractivity contribution in [3.8, 4) is 5.75 Å². The largest absolute Gasteiger partial charge is 0.485 e. The van der Waals surface area contributed by atoms with Crippen molar-refractivity contribution in [2.45, 2.75) is 24.7 Å². The van der Waals surface area contributed by atoms with E-state index in [-0.39, 0.29) is 12.2 Å². The summed E-state index contributed by atoms with van der Waals surface area (Å²) in [5.41, 5.74) is 0. The molecule has 0 saturated heterocycles. The van der Waals surface area contributed by atoms with Gasteiger partial charge < -0.3 is 14.8 Å². The van der Waals surface area contributed by atoms with E-state index in [1.807, 2.05) is 25.2 Å². The van der Waals surface area contributed by atoms with Crippen molar-refractivity contribution in [2.75, 3.05) is 14.2 Å². The molecule has 17 heavy (non-hydrogen) atoms. The number of para-hydroxylation sites is 1. The van der Waals surface area contributed by atoms with E-state index in [2.05, 4.69) is 37.2 Å². The number of likely N-dealkylation sites (N-methyl/N-ethyl adjacent to an activating group) is 1. The lowest BCUT2D eigenvalue weighted by molar-refractivity contribution is -0.0874. The van der Waals surface area contributed by atoms with Crippen LogP contribution in [0.2, 0.25) is 0 Å². The third kappa shape index (κ3) is 2.67. The summed E-state index contributed by atoms with van der Waals surface area (Å²) in [7, 11) is 3.67. The molecule has 0 bridgehead atoms. The number of benzene rings is 1. The Morgan fingerprint density at radius 2 is 1.94 bits per heavy atom. The van der Waals surface area contributed by atoms with Gasteiger partial charge in [-0.3, -0.25) is 0 Å². The van der Waals surface area contributed by atoms with Crippen LogP contribution in [0.3, 0.4) is 0 Å². The fourth-order valence-electron chi connectivity index (χ4n) is 2.04. The minimum Gasteiger partial charge on any atom is -0.485 e. The molecule has 5 heteroatoms. The summed E-state index contributed by atoms with van der Waals surface area (Å²) < 4.78 is 13.3. The molecular weight excluding hydrogens is 350 g/mol. The molecule has 1 aliphatic rings. The van der Waals surface area contributed by atoms with E-state index in [1.165, 1.54) is 0 Å². The van der Waals surface area contributed by atoms with Gasteiger partial charge in [-0.25, -0.2) is 0 Å². The molecule has 0 aromatic heterocycles. The van der Waals surface area contributed by atoms with Gasteiger partial charge in [-0.05, 0) is 51.0 Å². The lowest BCUT2D eigenvalue weighted by atomic mass is 9.85. The summed E-state index contributed by atoms with van der Waals surface area (Å²) in [6.07, 6.45) is 1.18. The minimum absolute atomic E-state index is 0.104. The summed E-state index contributed by atoms with van der Waals surface area (Å²) in [5, 5.41) is 3.22. The molecule has 1 aliphatic carbocycles. The van der Waals surface area contributed by atoms with Crippen LogP contribution in [0.4, 0.5) is 0 Å². The maximum Gasteiger partial charge on any atom is 0.148 e. The monoisotopic (exact) mass is 363 g/mol. The van der Waals surface area contributed by atoms with Crippen LogP contribution in [0, 0.1) is 0 Å². The molecule has 3 nitrogen and oxygen atoms in total. The van der Waals surface area contributed by atoms with E-state index in [4.69, 9.17) is 9.47 Å². The van der Waals surface area contributed by atoms with E-state index in [0.717, 1.165) is 21.1 Å². The highest BCUT2D eigenvalue weighted by molar-refractivity contribution is 9.11. The molecular formula is C12H15Br2NO2. The van der Waals surface area contributed by atoms with E-state index in [0.29, 0.717) is 6.04 Å². The Kier molecular flexibility index (Phi) is 4.47. The van der Waals surface area contributed by atoms with Gasteiger partial charge in [0.15, 0.2) is 0 Å². The number of hydrogen-bond acceptors (Lipinski definition) is 3. The average molecular weight is 365 g/mol. The molecule has 3 atom stereocenters. The van der Waals surface area contributed by atoms with Gasteiger partial charge in [-0.2, -0.15) is 0 Å². The van der Waals surface area contributed by atoms with Crippen molar-refractivity contribution in [2.24, 2.45) is 0 Å². The lowest BCUT2D eigenvalue weighted by Crippen LogP contribution is -2.60. The fourth-order valence-corrected chi connectivity index (χ4v) is 3.23. The first-order valence-corrected chi connectivity index (χ1v) is 7.06. The molecule has 1 fully saturated rings. The Morgan fingerprint density at radius 1 is 1.29 bits per heavy atom. The fraction of sp³-hybridized carbons (Fsp3) is 0.500. The Balaban J connectivity index is 2.07. The zero-order chi connectivity index (χ0) is 12.4. The predicted octanol–water partition coefficient (Wildman–Crippen LogP) is 2.97. The van der Waals surface area contributed by atoms with Crippen molar-refractivity contribution < 1.29 is 9.47 Å². The molecule has 2 rings (SSSR count). The van der Waals surface area contributed by atoms with Gasteiger partial charge in [0, 0.05) is 19.6 Å². The van der Waals surface area contributed by atoms with Crippen LogP contribution in [0.1, 0.15) is 6.42 Å². The van der Waals surface area contributed by atoms with Gasteiger partial charge in [0.2, 0.25) is 0 Å². The number of methoxy groups -OCH3 is 1. The first kappa shape index (κ1) is 13.3. The van der Waals surface area contributed by atoms with Crippen LogP contribution in [-0.4, -0.2) is 32.4 Å². The minimum atomic E-state index is 0.104. The predicted molar refractivity (Wildman–Crippen MR) is 74.5 cm³/mol. The summed E-state index contributed by atoms with van der Waals surface area (Å²) in [4.78, 5) is 0. The van der Waals surface area contributed by atoms with Gasteiger partial charge in [0.05, 0.1) is 8.95 Å². The van der Waals surface area contributed by atoms with Gasteiger partial charge in [-0.15, -0.1) is 0 Å². The second kappa shape index (κ2) is 5.69.